The molecule has 3 N–H and O–H groups in total. The van der Waals surface area contributed by atoms with Gasteiger partial charge < -0.3 is 15.7 Å². The Bertz CT molecular complexity index is 246. The number of carbonyl (C=O) groups excluding carboxylic acids is 1. The minimum atomic E-state index is -0.732. The lowest BCUT2D eigenvalue weighted by Gasteiger charge is -2.26. The van der Waals surface area contributed by atoms with E-state index in [4.69, 9.17) is 0 Å². The van der Waals surface area contributed by atoms with E-state index >= 15 is 0 Å². The SMILES string of the molecule is CCC(O)(CC)CNC(=O)CCC1CCNCC1. The highest BCUT2D eigenvalue weighted by molar-refractivity contribution is 5.75. The second-order valence-electron chi connectivity index (χ2n) is 5.44. The van der Waals surface area contributed by atoms with Crippen LogP contribution in [0.25, 0.3) is 0 Å². The largest absolute Gasteiger partial charge is 0.388 e. The molecule has 0 atom stereocenters. The van der Waals surface area contributed by atoms with Crippen LogP contribution in [0.2, 0.25) is 0 Å². The molecule has 4 heteroatoms. The van der Waals surface area contributed by atoms with Crippen molar-refractivity contribution >= 4 is 5.91 Å². The Balaban J connectivity index is 2.17. The Morgan fingerprint density at radius 1 is 1.33 bits per heavy atom. The second-order valence-corrected chi connectivity index (χ2v) is 5.44. The van der Waals surface area contributed by atoms with E-state index in [2.05, 4.69) is 10.6 Å². The van der Waals surface area contributed by atoms with Crippen molar-refractivity contribution in [2.75, 3.05) is 19.6 Å². The fourth-order valence-electron chi connectivity index (χ4n) is 2.36. The van der Waals surface area contributed by atoms with Gasteiger partial charge in [0.2, 0.25) is 5.91 Å². The first-order valence-corrected chi connectivity index (χ1v) is 7.29. The van der Waals surface area contributed by atoms with Crippen molar-refractivity contribution in [3.8, 4) is 0 Å². The van der Waals surface area contributed by atoms with E-state index in [9.17, 15) is 9.90 Å². The van der Waals surface area contributed by atoms with E-state index in [0.717, 1.165) is 19.5 Å². The zero-order valence-electron chi connectivity index (χ0n) is 11.8. The van der Waals surface area contributed by atoms with Gasteiger partial charge in [0.05, 0.1) is 5.60 Å². The molecule has 106 valence electrons. The van der Waals surface area contributed by atoms with Crippen LogP contribution in [0.5, 0.6) is 0 Å². The van der Waals surface area contributed by atoms with Crippen LogP contribution in [-0.4, -0.2) is 36.2 Å². The molecule has 1 aliphatic heterocycles. The highest BCUT2D eigenvalue weighted by Gasteiger charge is 2.23. The molecule has 4 nitrogen and oxygen atoms in total. The fraction of sp³-hybridized carbons (Fsp3) is 0.929. The molecule has 0 aliphatic carbocycles. The smallest absolute Gasteiger partial charge is 0.220 e. The lowest BCUT2D eigenvalue weighted by molar-refractivity contribution is -0.122. The summed E-state index contributed by atoms with van der Waals surface area (Å²) in [4.78, 5) is 11.7. The van der Waals surface area contributed by atoms with Gasteiger partial charge >= 0.3 is 0 Å². The Kier molecular flexibility index (Phi) is 6.65. The summed E-state index contributed by atoms with van der Waals surface area (Å²) in [6.07, 6.45) is 5.29. The normalized spacial score (nSPS) is 17.7. The maximum absolute atomic E-state index is 11.7. The molecule has 0 aromatic heterocycles. The van der Waals surface area contributed by atoms with Crippen molar-refractivity contribution in [1.82, 2.24) is 10.6 Å². The zero-order valence-corrected chi connectivity index (χ0v) is 11.8. The molecule has 0 aromatic rings. The highest BCUT2D eigenvalue weighted by atomic mass is 16.3. The zero-order chi connectivity index (χ0) is 13.4. The number of piperidine rings is 1. The predicted molar refractivity (Wildman–Crippen MR) is 73.4 cm³/mol. The summed E-state index contributed by atoms with van der Waals surface area (Å²) in [7, 11) is 0. The van der Waals surface area contributed by atoms with E-state index in [-0.39, 0.29) is 5.91 Å². The van der Waals surface area contributed by atoms with Crippen LogP contribution < -0.4 is 10.6 Å². The first-order valence-electron chi connectivity index (χ1n) is 7.29. The minimum absolute atomic E-state index is 0.0776. The molecule has 0 saturated carbocycles. The number of nitrogens with one attached hydrogen (secondary N) is 2. The van der Waals surface area contributed by atoms with Crippen molar-refractivity contribution in [3.05, 3.63) is 0 Å². The molecule has 0 unspecified atom stereocenters. The van der Waals surface area contributed by atoms with Crippen LogP contribution >= 0.6 is 0 Å². The van der Waals surface area contributed by atoms with Crippen molar-refractivity contribution < 1.29 is 9.90 Å². The van der Waals surface area contributed by atoms with E-state index < -0.39 is 5.60 Å². The predicted octanol–water partition coefficient (Wildman–Crippen LogP) is 1.43. The molecule has 18 heavy (non-hydrogen) atoms. The molecule has 1 heterocycles. The number of aliphatic hydroxyl groups is 1. The highest BCUT2D eigenvalue weighted by Crippen LogP contribution is 2.18. The molecule has 1 rings (SSSR count). The van der Waals surface area contributed by atoms with Gasteiger partial charge in [0.25, 0.3) is 0 Å². The molecular formula is C14H28N2O2. The first-order chi connectivity index (χ1) is 8.59. The van der Waals surface area contributed by atoms with Crippen molar-refractivity contribution in [3.63, 3.8) is 0 Å². The van der Waals surface area contributed by atoms with Crippen LogP contribution in [0.3, 0.4) is 0 Å². The van der Waals surface area contributed by atoms with Crippen molar-refractivity contribution in [2.45, 2.75) is 58.0 Å². The molecule has 0 spiro atoms. The van der Waals surface area contributed by atoms with Crippen LogP contribution in [0.15, 0.2) is 0 Å². The lowest BCUT2D eigenvalue weighted by atomic mass is 9.93. The van der Waals surface area contributed by atoms with Gasteiger partial charge in [0.1, 0.15) is 0 Å². The number of rotatable bonds is 7. The third kappa shape index (κ3) is 5.36. The number of amides is 1. The average Bonchev–Trinajstić information content (AvgIpc) is 2.43. The first kappa shape index (κ1) is 15.4. The van der Waals surface area contributed by atoms with Gasteiger partial charge in [-0.3, -0.25) is 4.79 Å². The van der Waals surface area contributed by atoms with E-state index in [1.807, 2.05) is 13.8 Å². The van der Waals surface area contributed by atoms with Crippen molar-refractivity contribution in [2.24, 2.45) is 5.92 Å². The third-order valence-corrected chi connectivity index (χ3v) is 4.17. The lowest BCUT2D eigenvalue weighted by Crippen LogP contribution is -2.42. The summed E-state index contributed by atoms with van der Waals surface area (Å²) >= 11 is 0. The molecule has 1 fully saturated rings. The van der Waals surface area contributed by atoms with Gasteiger partial charge in [-0.25, -0.2) is 0 Å². The van der Waals surface area contributed by atoms with Crippen molar-refractivity contribution in [1.29, 1.82) is 0 Å². The van der Waals surface area contributed by atoms with Crippen LogP contribution in [0.1, 0.15) is 52.4 Å². The Hall–Kier alpha value is -0.610. The van der Waals surface area contributed by atoms with Gasteiger partial charge in [0.15, 0.2) is 0 Å². The number of carbonyl (C=O) groups is 1. The molecule has 1 amide bonds. The standard InChI is InChI=1S/C14H28N2O2/c1-3-14(18,4-2)11-16-13(17)6-5-12-7-9-15-10-8-12/h12,15,18H,3-11H2,1-2H3,(H,16,17). The summed E-state index contributed by atoms with van der Waals surface area (Å²) < 4.78 is 0. The molecular weight excluding hydrogens is 228 g/mol. The number of hydrogen-bond donors (Lipinski definition) is 3. The quantitative estimate of drug-likeness (QED) is 0.646. The summed E-state index contributed by atoms with van der Waals surface area (Å²) in [6.45, 7) is 6.44. The van der Waals surface area contributed by atoms with E-state index in [1.165, 1.54) is 12.8 Å². The summed E-state index contributed by atoms with van der Waals surface area (Å²) in [6, 6.07) is 0. The van der Waals surface area contributed by atoms with Crippen LogP contribution in [0, 0.1) is 5.92 Å². The maximum Gasteiger partial charge on any atom is 0.220 e. The van der Waals surface area contributed by atoms with E-state index in [0.29, 0.717) is 31.7 Å². The van der Waals surface area contributed by atoms with Gasteiger partial charge in [-0.2, -0.15) is 0 Å². The Labute approximate surface area is 111 Å². The minimum Gasteiger partial charge on any atom is -0.388 e. The number of hydrogen-bond acceptors (Lipinski definition) is 3. The molecule has 1 aliphatic rings. The maximum atomic E-state index is 11.7. The summed E-state index contributed by atoms with van der Waals surface area (Å²) in [5.41, 5.74) is -0.732. The second kappa shape index (κ2) is 7.74. The Morgan fingerprint density at radius 2 is 1.94 bits per heavy atom. The monoisotopic (exact) mass is 256 g/mol. The summed E-state index contributed by atoms with van der Waals surface area (Å²) in [5.74, 6) is 0.766. The van der Waals surface area contributed by atoms with Crippen LogP contribution in [-0.2, 0) is 4.79 Å². The van der Waals surface area contributed by atoms with Crippen LogP contribution in [0.4, 0.5) is 0 Å². The van der Waals surface area contributed by atoms with E-state index in [1.54, 1.807) is 0 Å². The molecule has 0 radical (unpaired) electrons. The molecule has 0 bridgehead atoms. The molecule has 1 saturated heterocycles. The molecule has 0 aromatic carbocycles. The van der Waals surface area contributed by atoms with Gasteiger partial charge in [-0.15, -0.1) is 0 Å². The van der Waals surface area contributed by atoms with Gasteiger partial charge in [-0.1, -0.05) is 13.8 Å². The average molecular weight is 256 g/mol. The van der Waals surface area contributed by atoms with Gasteiger partial charge in [0, 0.05) is 13.0 Å². The third-order valence-electron chi connectivity index (χ3n) is 4.17. The topological polar surface area (TPSA) is 61.4 Å². The fourth-order valence-corrected chi connectivity index (χ4v) is 2.36. The van der Waals surface area contributed by atoms with Gasteiger partial charge in [-0.05, 0) is 51.1 Å². The Morgan fingerprint density at radius 3 is 2.50 bits per heavy atom. The summed E-state index contributed by atoms with van der Waals surface area (Å²) in [5, 5.41) is 16.3.